The number of anilines is 2. The van der Waals surface area contributed by atoms with Gasteiger partial charge >= 0.3 is 6.03 Å². The second-order valence-corrected chi connectivity index (χ2v) is 4.99. The van der Waals surface area contributed by atoms with E-state index in [1.807, 2.05) is 32.0 Å². The number of rotatable bonds is 4. The molecule has 0 aliphatic carbocycles. The van der Waals surface area contributed by atoms with Gasteiger partial charge in [0.2, 0.25) is 0 Å². The molecule has 0 radical (unpaired) electrons. The SMILES string of the molecule is Cc1cc(F)cc(NC(C)c2ccc(NC(N)=O)cc2)c1. The van der Waals surface area contributed by atoms with E-state index in [1.165, 1.54) is 12.1 Å². The minimum absolute atomic E-state index is 0.00817. The van der Waals surface area contributed by atoms with Gasteiger partial charge in [-0.25, -0.2) is 9.18 Å². The molecule has 0 bridgehead atoms. The summed E-state index contributed by atoms with van der Waals surface area (Å²) < 4.78 is 13.4. The highest BCUT2D eigenvalue weighted by molar-refractivity contribution is 5.87. The van der Waals surface area contributed by atoms with E-state index in [1.54, 1.807) is 12.1 Å². The van der Waals surface area contributed by atoms with E-state index in [-0.39, 0.29) is 11.9 Å². The summed E-state index contributed by atoms with van der Waals surface area (Å²) in [6.07, 6.45) is 0. The van der Waals surface area contributed by atoms with Crippen molar-refractivity contribution < 1.29 is 9.18 Å². The van der Waals surface area contributed by atoms with Crippen molar-refractivity contribution in [2.75, 3.05) is 10.6 Å². The first-order valence-electron chi connectivity index (χ1n) is 6.64. The highest BCUT2D eigenvalue weighted by Crippen LogP contribution is 2.22. The van der Waals surface area contributed by atoms with E-state index in [0.717, 1.165) is 16.8 Å². The van der Waals surface area contributed by atoms with E-state index in [0.29, 0.717) is 5.69 Å². The predicted molar refractivity (Wildman–Crippen MR) is 82.8 cm³/mol. The molecular weight excluding hydrogens is 269 g/mol. The lowest BCUT2D eigenvalue weighted by Crippen LogP contribution is -2.19. The number of hydrogen-bond donors (Lipinski definition) is 3. The summed E-state index contributed by atoms with van der Waals surface area (Å²) in [5, 5.41) is 5.75. The van der Waals surface area contributed by atoms with Crippen LogP contribution >= 0.6 is 0 Å². The summed E-state index contributed by atoms with van der Waals surface area (Å²) in [5.74, 6) is -0.259. The monoisotopic (exact) mass is 287 g/mol. The Labute approximate surface area is 123 Å². The molecule has 0 saturated carbocycles. The predicted octanol–water partition coefficient (Wildman–Crippen LogP) is 3.80. The highest BCUT2D eigenvalue weighted by atomic mass is 19.1. The smallest absolute Gasteiger partial charge is 0.316 e. The standard InChI is InChI=1S/C16H18FN3O/c1-10-7-13(17)9-15(8-10)19-11(2)12-3-5-14(6-4-12)20-16(18)21/h3-9,11,19H,1-2H3,(H3,18,20,21). The Balaban J connectivity index is 2.09. The Kier molecular flexibility index (Phi) is 4.42. The fourth-order valence-corrected chi connectivity index (χ4v) is 2.15. The van der Waals surface area contributed by atoms with Crippen molar-refractivity contribution in [3.05, 3.63) is 59.4 Å². The van der Waals surface area contributed by atoms with E-state index in [4.69, 9.17) is 5.73 Å². The van der Waals surface area contributed by atoms with E-state index >= 15 is 0 Å². The third kappa shape index (κ3) is 4.21. The molecule has 2 aromatic carbocycles. The zero-order chi connectivity index (χ0) is 15.4. The normalized spacial score (nSPS) is 11.8. The first-order chi connectivity index (χ1) is 9.94. The summed E-state index contributed by atoms with van der Waals surface area (Å²) >= 11 is 0. The number of nitrogens with one attached hydrogen (secondary N) is 2. The van der Waals surface area contributed by atoms with E-state index in [2.05, 4.69) is 10.6 Å². The van der Waals surface area contributed by atoms with Crippen LogP contribution in [0.4, 0.5) is 20.6 Å². The molecule has 1 unspecified atom stereocenters. The van der Waals surface area contributed by atoms with Gasteiger partial charge in [0, 0.05) is 17.4 Å². The van der Waals surface area contributed by atoms with Crippen LogP contribution in [0, 0.1) is 12.7 Å². The molecule has 110 valence electrons. The number of primary amides is 1. The summed E-state index contributed by atoms with van der Waals surface area (Å²) in [7, 11) is 0. The molecule has 0 heterocycles. The zero-order valence-electron chi connectivity index (χ0n) is 12.0. The first-order valence-corrected chi connectivity index (χ1v) is 6.64. The van der Waals surface area contributed by atoms with E-state index < -0.39 is 6.03 Å². The molecule has 0 spiro atoms. The minimum atomic E-state index is -0.593. The molecule has 0 aromatic heterocycles. The summed E-state index contributed by atoms with van der Waals surface area (Å²) in [6.45, 7) is 3.83. The average Bonchev–Trinajstić information content (AvgIpc) is 2.37. The Morgan fingerprint density at radius 3 is 2.38 bits per heavy atom. The molecule has 0 fully saturated rings. The average molecular weight is 287 g/mol. The van der Waals surface area contributed by atoms with Gasteiger partial charge in [0.15, 0.2) is 0 Å². The van der Waals surface area contributed by atoms with Gasteiger partial charge in [-0.05, 0) is 55.3 Å². The highest BCUT2D eigenvalue weighted by Gasteiger charge is 2.07. The van der Waals surface area contributed by atoms with Gasteiger partial charge in [-0.15, -0.1) is 0 Å². The van der Waals surface area contributed by atoms with Crippen LogP contribution in [0.5, 0.6) is 0 Å². The molecule has 4 nitrogen and oxygen atoms in total. The van der Waals surface area contributed by atoms with Crippen molar-refractivity contribution in [2.24, 2.45) is 5.73 Å². The third-order valence-electron chi connectivity index (χ3n) is 3.10. The maximum atomic E-state index is 13.4. The molecule has 0 aliphatic rings. The topological polar surface area (TPSA) is 67.2 Å². The van der Waals surface area contributed by atoms with Crippen molar-refractivity contribution >= 4 is 17.4 Å². The lowest BCUT2D eigenvalue weighted by Gasteiger charge is -2.16. The summed E-state index contributed by atoms with van der Waals surface area (Å²) in [4.78, 5) is 10.8. The van der Waals surface area contributed by atoms with Crippen molar-refractivity contribution in [3.63, 3.8) is 0 Å². The minimum Gasteiger partial charge on any atom is -0.378 e. The molecule has 2 aromatic rings. The maximum Gasteiger partial charge on any atom is 0.316 e. The largest absolute Gasteiger partial charge is 0.378 e. The first kappa shape index (κ1) is 14.8. The molecule has 1 atom stereocenters. The fourth-order valence-electron chi connectivity index (χ4n) is 2.15. The Morgan fingerprint density at radius 1 is 1.14 bits per heavy atom. The van der Waals surface area contributed by atoms with Gasteiger partial charge in [-0.2, -0.15) is 0 Å². The van der Waals surface area contributed by atoms with Crippen LogP contribution in [0.15, 0.2) is 42.5 Å². The van der Waals surface area contributed by atoms with Crippen LogP contribution in [0.25, 0.3) is 0 Å². The van der Waals surface area contributed by atoms with Gasteiger partial charge in [0.1, 0.15) is 5.82 Å². The lowest BCUT2D eigenvalue weighted by molar-refractivity contribution is 0.259. The Morgan fingerprint density at radius 2 is 1.81 bits per heavy atom. The van der Waals surface area contributed by atoms with Crippen LogP contribution in [0.3, 0.4) is 0 Å². The third-order valence-corrected chi connectivity index (χ3v) is 3.10. The second-order valence-electron chi connectivity index (χ2n) is 4.99. The lowest BCUT2D eigenvalue weighted by atomic mass is 10.1. The number of carbonyl (C=O) groups excluding carboxylic acids is 1. The van der Waals surface area contributed by atoms with Crippen LogP contribution in [-0.4, -0.2) is 6.03 Å². The zero-order valence-corrected chi connectivity index (χ0v) is 12.0. The van der Waals surface area contributed by atoms with Gasteiger partial charge in [-0.1, -0.05) is 12.1 Å². The Bertz CT molecular complexity index is 620. The van der Waals surface area contributed by atoms with E-state index in [9.17, 15) is 9.18 Å². The molecule has 2 amide bonds. The van der Waals surface area contributed by atoms with Crippen LogP contribution < -0.4 is 16.4 Å². The van der Waals surface area contributed by atoms with Crippen LogP contribution in [0.1, 0.15) is 24.1 Å². The Hall–Kier alpha value is -2.56. The fraction of sp³-hybridized carbons (Fsp3) is 0.188. The number of urea groups is 1. The number of aryl methyl sites for hydroxylation is 1. The van der Waals surface area contributed by atoms with Gasteiger partial charge in [0.25, 0.3) is 0 Å². The van der Waals surface area contributed by atoms with Crippen molar-refractivity contribution in [3.8, 4) is 0 Å². The molecule has 0 saturated heterocycles. The molecule has 2 rings (SSSR count). The summed E-state index contributed by atoms with van der Waals surface area (Å²) in [5.41, 5.74) is 8.32. The van der Waals surface area contributed by atoms with Gasteiger partial charge in [-0.3, -0.25) is 0 Å². The number of hydrogen-bond acceptors (Lipinski definition) is 2. The second kappa shape index (κ2) is 6.26. The maximum absolute atomic E-state index is 13.4. The molecule has 0 aliphatic heterocycles. The molecule has 4 N–H and O–H groups in total. The number of amides is 2. The van der Waals surface area contributed by atoms with Crippen LogP contribution in [-0.2, 0) is 0 Å². The van der Waals surface area contributed by atoms with Crippen molar-refractivity contribution in [1.29, 1.82) is 0 Å². The number of nitrogens with two attached hydrogens (primary N) is 1. The number of benzene rings is 2. The van der Waals surface area contributed by atoms with Gasteiger partial charge < -0.3 is 16.4 Å². The van der Waals surface area contributed by atoms with Crippen LogP contribution in [0.2, 0.25) is 0 Å². The summed E-state index contributed by atoms with van der Waals surface area (Å²) in [6, 6.07) is 11.6. The molecular formula is C16H18FN3O. The molecule has 5 heteroatoms. The quantitative estimate of drug-likeness (QED) is 0.800. The number of halogens is 1. The number of carbonyl (C=O) groups is 1. The van der Waals surface area contributed by atoms with Crippen molar-refractivity contribution in [1.82, 2.24) is 0 Å². The van der Waals surface area contributed by atoms with Crippen molar-refractivity contribution in [2.45, 2.75) is 19.9 Å². The van der Waals surface area contributed by atoms with Gasteiger partial charge in [0.05, 0.1) is 0 Å². The molecule has 21 heavy (non-hydrogen) atoms.